The van der Waals surface area contributed by atoms with Gasteiger partial charge in [0.05, 0.1) is 0 Å². The maximum absolute atomic E-state index is 11.7. The van der Waals surface area contributed by atoms with Crippen LogP contribution in [-0.4, -0.2) is 14.5 Å². The van der Waals surface area contributed by atoms with Crippen LogP contribution in [-0.2, 0) is 7.05 Å². The third-order valence-corrected chi connectivity index (χ3v) is 3.52. The number of H-pyrrole nitrogens is 1. The Labute approximate surface area is 122 Å². The first-order chi connectivity index (χ1) is 10.1. The molecule has 3 aromatic rings. The fraction of sp³-hybridized carbons (Fsp3) is 0.250. The van der Waals surface area contributed by atoms with Crippen molar-refractivity contribution >= 4 is 11.2 Å². The standard InChI is InChI=1S/C16H17N3O2/c1-10(2)11-4-6-12(7-5-11)21-13-8-9-17-15-14(13)18-16(20)19(15)3/h4-10H,1-3H3,(H,18,20). The molecule has 1 aromatic carbocycles. The van der Waals surface area contributed by atoms with Crippen molar-refractivity contribution in [2.45, 2.75) is 19.8 Å². The van der Waals surface area contributed by atoms with Crippen LogP contribution in [0, 0.1) is 0 Å². The number of benzene rings is 1. The average Bonchev–Trinajstić information content (AvgIpc) is 2.77. The predicted octanol–water partition coefficient (Wildman–Crippen LogP) is 3.18. The van der Waals surface area contributed by atoms with Crippen LogP contribution in [0.3, 0.4) is 0 Å². The number of aryl methyl sites for hydroxylation is 1. The van der Waals surface area contributed by atoms with Crippen LogP contribution in [0.2, 0.25) is 0 Å². The lowest BCUT2D eigenvalue weighted by atomic mass is 10.0. The summed E-state index contributed by atoms with van der Waals surface area (Å²) in [7, 11) is 1.68. The number of nitrogens with zero attached hydrogens (tertiary/aromatic N) is 2. The Bertz CT molecular complexity index is 829. The minimum absolute atomic E-state index is 0.205. The van der Waals surface area contributed by atoms with Crippen molar-refractivity contribution < 1.29 is 4.74 Å². The van der Waals surface area contributed by atoms with Crippen molar-refractivity contribution in [1.29, 1.82) is 0 Å². The summed E-state index contributed by atoms with van der Waals surface area (Å²) < 4.78 is 7.33. The summed E-state index contributed by atoms with van der Waals surface area (Å²) in [5.41, 5.74) is 2.24. The van der Waals surface area contributed by atoms with Crippen molar-refractivity contribution in [2.75, 3.05) is 0 Å². The molecule has 1 N–H and O–H groups in total. The molecule has 0 aliphatic heterocycles. The van der Waals surface area contributed by atoms with Gasteiger partial charge in [-0.15, -0.1) is 0 Å². The van der Waals surface area contributed by atoms with Crippen molar-refractivity contribution in [2.24, 2.45) is 7.05 Å². The van der Waals surface area contributed by atoms with Gasteiger partial charge in [0, 0.05) is 19.3 Å². The Morgan fingerprint density at radius 1 is 1.19 bits per heavy atom. The van der Waals surface area contributed by atoms with Crippen molar-refractivity contribution in [3.8, 4) is 11.5 Å². The molecule has 3 rings (SSSR count). The third kappa shape index (κ3) is 2.42. The molecule has 0 amide bonds. The minimum Gasteiger partial charge on any atom is -0.455 e. The lowest BCUT2D eigenvalue weighted by Crippen LogP contribution is -2.12. The molecule has 5 heteroatoms. The van der Waals surface area contributed by atoms with Gasteiger partial charge in [-0.2, -0.15) is 0 Å². The van der Waals surface area contributed by atoms with Gasteiger partial charge < -0.3 is 9.72 Å². The zero-order valence-electron chi connectivity index (χ0n) is 12.3. The molecule has 0 fully saturated rings. The van der Waals surface area contributed by atoms with Gasteiger partial charge >= 0.3 is 5.69 Å². The molecule has 0 radical (unpaired) electrons. The van der Waals surface area contributed by atoms with E-state index in [9.17, 15) is 4.79 Å². The molecule has 108 valence electrons. The summed E-state index contributed by atoms with van der Waals surface area (Å²) in [5, 5.41) is 0. The molecule has 0 aliphatic carbocycles. The monoisotopic (exact) mass is 283 g/mol. The third-order valence-electron chi connectivity index (χ3n) is 3.52. The number of aromatic amines is 1. The van der Waals surface area contributed by atoms with E-state index in [1.54, 1.807) is 19.3 Å². The molecule has 21 heavy (non-hydrogen) atoms. The van der Waals surface area contributed by atoms with Crippen molar-refractivity contribution in [1.82, 2.24) is 14.5 Å². The van der Waals surface area contributed by atoms with E-state index in [-0.39, 0.29) is 5.69 Å². The molecule has 0 unspecified atom stereocenters. The molecule has 2 aromatic heterocycles. The summed E-state index contributed by atoms with van der Waals surface area (Å²) in [6.45, 7) is 4.30. The molecule has 0 aliphatic rings. The zero-order chi connectivity index (χ0) is 15.0. The summed E-state index contributed by atoms with van der Waals surface area (Å²) in [6, 6.07) is 9.71. The van der Waals surface area contributed by atoms with Gasteiger partial charge in [-0.25, -0.2) is 9.78 Å². The normalized spacial score (nSPS) is 11.2. The van der Waals surface area contributed by atoms with E-state index >= 15 is 0 Å². The van der Waals surface area contributed by atoms with E-state index in [4.69, 9.17) is 4.74 Å². The van der Waals surface area contributed by atoms with Crippen molar-refractivity contribution in [3.63, 3.8) is 0 Å². The molecule has 0 saturated heterocycles. The highest BCUT2D eigenvalue weighted by Crippen LogP contribution is 2.27. The topological polar surface area (TPSA) is 59.9 Å². The lowest BCUT2D eigenvalue weighted by Gasteiger charge is -2.09. The number of rotatable bonds is 3. The zero-order valence-corrected chi connectivity index (χ0v) is 12.3. The highest BCUT2D eigenvalue weighted by atomic mass is 16.5. The van der Waals surface area contributed by atoms with Gasteiger partial charge in [-0.1, -0.05) is 26.0 Å². The Morgan fingerprint density at radius 3 is 2.57 bits per heavy atom. The maximum Gasteiger partial charge on any atom is 0.327 e. The maximum atomic E-state index is 11.7. The number of ether oxygens (including phenoxy) is 1. The number of aromatic nitrogens is 3. The summed E-state index contributed by atoms with van der Waals surface area (Å²) in [5.74, 6) is 1.81. The first kappa shape index (κ1) is 13.4. The van der Waals surface area contributed by atoms with Crippen LogP contribution in [0.1, 0.15) is 25.3 Å². The second kappa shape index (κ2) is 5.09. The predicted molar refractivity (Wildman–Crippen MR) is 81.9 cm³/mol. The first-order valence-corrected chi connectivity index (χ1v) is 6.88. The second-order valence-electron chi connectivity index (χ2n) is 5.32. The largest absolute Gasteiger partial charge is 0.455 e. The number of hydrogen-bond donors (Lipinski definition) is 1. The smallest absolute Gasteiger partial charge is 0.327 e. The fourth-order valence-corrected chi connectivity index (χ4v) is 2.23. The van der Waals surface area contributed by atoms with Crippen LogP contribution in [0.5, 0.6) is 11.5 Å². The minimum atomic E-state index is -0.205. The van der Waals surface area contributed by atoms with Crippen LogP contribution in [0.15, 0.2) is 41.3 Å². The van der Waals surface area contributed by atoms with Gasteiger partial charge in [-0.3, -0.25) is 4.57 Å². The van der Waals surface area contributed by atoms with Crippen LogP contribution in [0.25, 0.3) is 11.2 Å². The van der Waals surface area contributed by atoms with Gasteiger partial charge in [0.2, 0.25) is 0 Å². The number of imidazole rings is 1. The number of nitrogens with one attached hydrogen (secondary N) is 1. The average molecular weight is 283 g/mol. The summed E-state index contributed by atoms with van der Waals surface area (Å²) in [6.07, 6.45) is 1.63. The molecule has 0 spiro atoms. The Kier molecular flexibility index (Phi) is 3.25. The van der Waals surface area contributed by atoms with E-state index < -0.39 is 0 Å². The van der Waals surface area contributed by atoms with Crippen LogP contribution >= 0.6 is 0 Å². The van der Waals surface area contributed by atoms with E-state index in [0.29, 0.717) is 22.8 Å². The Morgan fingerprint density at radius 2 is 1.90 bits per heavy atom. The highest BCUT2D eigenvalue weighted by molar-refractivity contribution is 5.78. The molecular formula is C16H17N3O2. The van der Waals surface area contributed by atoms with Gasteiger partial charge in [0.15, 0.2) is 11.4 Å². The second-order valence-corrected chi connectivity index (χ2v) is 5.32. The van der Waals surface area contributed by atoms with Crippen LogP contribution < -0.4 is 10.4 Å². The molecular weight excluding hydrogens is 266 g/mol. The summed E-state index contributed by atoms with van der Waals surface area (Å²) >= 11 is 0. The van der Waals surface area contributed by atoms with E-state index in [1.165, 1.54) is 10.1 Å². The lowest BCUT2D eigenvalue weighted by molar-refractivity contribution is 0.486. The van der Waals surface area contributed by atoms with Gasteiger partial charge in [0.25, 0.3) is 0 Å². The number of hydrogen-bond acceptors (Lipinski definition) is 3. The summed E-state index contributed by atoms with van der Waals surface area (Å²) in [4.78, 5) is 18.6. The Balaban J connectivity index is 1.98. The molecule has 0 saturated carbocycles. The molecule has 2 heterocycles. The fourth-order valence-electron chi connectivity index (χ4n) is 2.23. The molecule has 0 bridgehead atoms. The molecule has 5 nitrogen and oxygen atoms in total. The van der Waals surface area contributed by atoms with Crippen LogP contribution in [0.4, 0.5) is 0 Å². The van der Waals surface area contributed by atoms with Gasteiger partial charge in [-0.05, 0) is 23.6 Å². The van der Waals surface area contributed by atoms with E-state index in [2.05, 4.69) is 23.8 Å². The SMILES string of the molecule is CC(C)c1ccc(Oc2ccnc3c2[nH]c(=O)n3C)cc1. The van der Waals surface area contributed by atoms with Gasteiger partial charge in [0.1, 0.15) is 11.3 Å². The highest BCUT2D eigenvalue weighted by Gasteiger charge is 2.10. The van der Waals surface area contributed by atoms with E-state index in [1.807, 2.05) is 24.3 Å². The van der Waals surface area contributed by atoms with E-state index in [0.717, 1.165) is 5.75 Å². The molecule has 0 atom stereocenters. The number of pyridine rings is 1. The van der Waals surface area contributed by atoms with Crippen molar-refractivity contribution in [3.05, 3.63) is 52.6 Å². The quantitative estimate of drug-likeness (QED) is 0.803. The number of fused-ring (bicyclic) bond motifs is 1. The Hall–Kier alpha value is -2.56. The first-order valence-electron chi connectivity index (χ1n) is 6.88.